The maximum Gasteiger partial charge on any atom is 0.0561 e. The van der Waals surface area contributed by atoms with Gasteiger partial charge in [-0.2, -0.15) is 0 Å². The Morgan fingerprint density at radius 3 is 1.80 bits per heavy atom. The van der Waals surface area contributed by atoms with Gasteiger partial charge in [-0.05, 0) is 34.0 Å². The van der Waals surface area contributed by atoms with Crippen LogP contribution in [0.25, 0.3) is 10.8 Å². The van der Waals surface area contributed by atoms with Gasteiger partial charge >= 0.3 is 0 Å². The highest BCUT2D eigenvalue weighted by atomic mass is 28.3. The number of hydrogen-bond donors (Lipinski definition) is 0. The van der Waals surface area contributed by atoms with Gasteiger partial charge in [0, 0.05) is 0 Å². The Kier molecular flexibility index (Phi) is 1.81. The fraction of sp³-hybridized carbons (Fsp3) is 0.286. The van der Waals surface area contributed by atoms with Crippen LogP contribution in [0.1, 0.15) is 11.1 Å². The summed E-state index contributed by atoms with van der Waals surface area (Å²) in [7, 11) is -0.944. The van der Waals surface area contributed by atoms with E-state index >= 15 is 0 Å². The van der Waals surface area contributed by atoms with Gasteiger partial charge < -0.3 is 0 Å². The molecule has 1 aliphatic rings. The van der Waals surface area contributed by atoms with Gasteiger partial charge in [-0.1, -0.05) is 49.5 Å². The molecule has 2 aromatic rings. The van der Waals surface area contributed by atoms with Crippen molar-refractivity contribution >= 4 is 18.8 Å². The number of rotatable bonds is 0. The summed E-state index contributed by atoms with van der Waals surface area (Å²) in [6.07, 6.45) is 0. The first kappa shape index (κ1) is 9.17. The van der Waals surface area contributed by atoms with Gasteiger partial charge in [0.05, 0.1) is 8.07 Å². The maximum absolute atomic E-state index is 2.50. The highest BCUT2D eigenvalue weighted by Crippen LogP contribution is 2.31. The summed E-state index contributed by atoms with van der Waals surface area (Å²) in [6.45, 7) is 5.00. The highest BCUT2D eigenvalue weighted by Gasteiger charge is 2.30. The first-order valence-corrected chi connectivity index (χ1v) is 9.06. The number of benzene rings is 2. The molecule has 0 N–H and O–H groups in total. The lowest BCUT2D eigenvalue weighted by molar-refractivity contribution is 1.37. The lowest BCUT2D eigenvalue weighted by Crippen LogP contribution is -2.26. The van der Waals surface area contributed by atoms with Gasteiger partial charge in [0.2, 0.25) is 0 Å². The lowest BCUT2D eigenvalue weighted by Gasteiger charge is -2.11. The van der Waals surface area contributed by atoms with E-state index in [1.54, 1.807) is 11.1 Å². The second-order valence-electron chi connectivity index (χ2n) is 5.49. The Balaban J connectivity index is 2.23. The largest absolute Gasteiger partial charge is 0.0689 e. The molecule has 0 unspecified atom stereocenters. The molecule has 15 heavy (non-hydrogen) atoms. The van der Waals surface area contributed by atoms with Crippen LogP contribution in [-0.2, 0) is 12.1 Å². The molecule has 0 fully saturated rings. The van der Waals surface area contributed by atoms with Crippen LogP contribution >= 0.6 is 0 Å². The Bertz CT molecular complexity index is 479. The third kappa shape index (κ3) is 1.51. The van der Waals surface area contributed by atoms with Gasteiger partial charge in [-0.3, -0.25) is 0 Å². The van der Waals surface area contributed by atoms with Crippen LogP contribution in [0.4, 0.5) is 0 Å². The molecule has 3 rings (SSSR count). The molecular formula is C14H16Si. The van der Waals surface area contributed by atoms with Crippen LogP contribution in [0.3, 0.4) is 0 Å². The first-order chi connectivity index (χ1) is 7.14. The fourth-order valence-corrected chi connectivity index (χ4v) is 5.60. The van der Waals surface area contributed by atoms with Crippen LogP contribution in [-0.4, -0.2) is 8.07 Å². The van der Waals surface area contributed by atoms with E-state index in [2.05, 4.69) is 49.5 Å². The molecule has 0 saturated carbocycles. The van der Waals surface area contributed by atoms with Gasteiger partial charge in [0.15, 0.2) is 0 Å². The zero-order chi connectivity index (χ0) is 10.5. The normalized spacial score (nSPS) is 18.0. The molecule has 0 spiro atoms. The topological polar surface area (TPSA) is 0 Å². The average molecular weight is 212 g/mol. The molecule has 76 valence electrons. The summed E-state index contributed by atoms with van der Waals surface area (Å²) < 4.78 is 0. The minimum Gasteiger partial charge on any atom is -0.0689 e. The molecule has 0 atom stereocenters. The van der Waals surface area contributed by atoms with Crippen molar-refractivity contribution in [2.45, 2.75) is 25.2 Å². The third-order valence-electron chi connectivity index (χ3n) is 3.41. The van der Waals surface area contributed by atoms with Crippen LogP contribution in [0.5, 0.6) is 0 Å². The quantitative estimate of drug-likeness (QED) is 0.584. The molecule has 0 aromatic heterocycles. The van der Waals surface area contributed by atoms with Crippen LogP contribution in [0, 0.1) is 0 Å². The smallest absolute Gasteiger partial charge is 0.0561 e. The zero-order valence-corrected chi connectivity index (χ0v) is 10.4. The van der Waals surface area contributed by atoms with E-state index in [0.29, 0.717) is 0 Å². The molecule has 0 aliphatic carbocycles. The SMILES string of the molecule is C[Si]1(C)Cc2cc3ccccc3cc2C1. The molecule has 2 aromatic carbocycles. The van der Waals surface area contributed by atoms with Crippen molar-refractivity contribution in [2.75, 3.05) is 0 Å². The molecule has 1 heteroatoms. The van der Waals surface area contributed by atoms with E-state index in [0.717, 1.165) is 0 Å². The van der Waals surface area contributed by atoms with E-state index in [1.165, 1.54) is 22.9 Å². The molecule has 0 nitrogen and oxygen atoms in total. The van der Waals surface area contributed by atoms with Crippen molar-refractivity contribution in [3.8, 4) is 0 Å². The first-order valence-electron chi connectivity index (χ1n) is 5.65. The zero-order valence-electron chi connectivity index (χ0n) is 9.38. The Labute approximate surface area is 91.9 Å². The summed E-state index contributed by atoms with van der Waals surface area (Å²) in [5, 5.41) is 2.81. The van der Waals surface area contributed by atoms with E-state index in [4.69, 9.17) is 0 Å². The van der Waals surface area contributed by atoms with E-state index in [-0.39, 0.29) is 0 Å². The summed E-state index contributed by atoms with van der Waals surface area (Å²) in [5.41, 5.74) is 3.23. The Hall–Kier alpha value is -1.08. The molecule has 0 saturated heterocycles. The minimum absolute atomic E-state index is 0.944. The summed E-state index contributed by atoms with van der Waals surface area (Å²) in [6, 6.07) is 16.3. The van der Waals surface area contributed by atoms with Crippen molar-refractivity contribution in [1.29, 1.82) is 0 Å². The van der Waals surface area contributed by atoms with Gasteiger partial charge in [0.25, 0.3) is 0 Å². The lowest BCUT2D eigenvalue weighted by atomic mass is 10.0. The standard InChI is InChI=1S/C14H16Si/c1-15(2)9-13-7-11-5-3-4-6-12(11)8-14(13)10-15/h3-8H,9-10H2,1-2H3. The van der Waals surface area contributed by atoms with Gasteiger partial charge in [-0.15, -0.1) is 0 Å². The molecule has 0 amide bonds. The van der Waals surface area contributed by atoms with E-state index in [1.807, 2.05) is 0 Å². The predicted molar refractivity (Wildman–Crippen MR) is 68.8 cm³/mol. The van der Waals surface area contributed by atoms with Crippen molar-refractivity contribution in [2.24, 2.45) is 0 Å². The molecule has 0 bridgehead atoms. The third-order valence-corrected chi connectivity index (χ3v) is 6.08. The molecular weight excluding hydrogens is 196 g/mol. The summed E-state index contributed by atoms with van der Waals surface area (Å²) in [4.78, 5) is 0. The second-order valence-corrected chi connectivity index (χ2v) is 10.5. The predicted octanol–water partition coefficient (Wildman–Crippen LogP) is 3.73. The van der Waals surface area contributed by atoms with Gasteiger partial charge in [-0.25, -0.2) is 0 Å². The average Bonchev–Trinajstić information content (AvgIpc) is 2.46. The van der Waals surface area contributed by atoms with Crippen LogP contribution in [0.15, 0.2) is 36.4 Å². The van der Waals surface area contributed by atoms with Crippen molar-refractivity contribution in [3.05, 3.63) is 47.5 Å². The summed E-state index contributed by atoms with van der Waals surface area (Å²) in [5.74, 6) is 0. The van der Waals surface area contributed by atoms with Crippen LogP contribution in [0.2, 0.25) is 13.1 Å². The molecule has 1 aliphatic heterocycles. The minimum atomic E-state index is -0.944. The van der Waals surface area contributed by atoms with Crippen molar-refractivity contribution < 1.29 is 0 Å². The molecule has 0 radical (unpaired) electrons. The maximum atomic E-state index is 2.50. The highest BCUT2D eigenvalue weighted by molar-refractivity contribution is 6.77. The van der Waals surface area contributed by atoms with Crippen molar-refractivity contribution in [1.82, 2.24) is 0 Å². The fourth-order valence-electron chi connectivity index (χ4n) is 2.76. The van der Waals surface area contributed by atoms with Crippen molar-refractivity contribution in [3.63, 3.8) is 0 Å². The second kappa shape index (κ2) is 2.95. The van der Waals surface area contributed by atoms with E-state index in [9.17, 15) is 0 Å². The van der Waals surface area contributed by atoms with Gasteiger partial charge in [0.1, 0.15) is 0 Å². The van der Waals surface area contributed by atoms with E-state index < -0.39 is 8.07 Å². The number of hydrogen-bond acceptors (Lipinski definition) is 0. The molecule has 1 heterocycles. The number of fused-ring (bicyclic) bond motifs is 2. The Morgan fingerprint density at radius 1 is 0.867 bits per heavy atom. The Morgan fingerprint density at radius 2 is 1.33 bits per heavy atom. The summed E-state index contributed by atoms with van der Waals surface area (Å²) >= 11 is 0. The monoisotopic (exact) mass is 212 g/mol. The van der Waals surface area contributed by atoms with Crippen LogP contribution < -0.4 is 0 Å².